The summed E-state index contributed by atoms with van der Waals surface area (Å²) in [7, 11) is 0.550. The Morgan fingerprint density at radius 1 is 1.11 bits per heavy atom. The van der Waals surface area contributed by atoms with Crippen molar-refractivity contribution in [2.75, 3.05) is 32.2 Å². The number of nitrogens with one attached hydrogen (secondary N) is 1. The molecule has 0 radical (unpaired) electrons. The van der Waals surface area contributed by atoms with E-state index >= 15 is 0 Å². The van der Waals surface area contributed by atoms with Crippen LogP contribution >= 0.6 is 0 Å². The lowest BCUT2D eigenvalue weighted by Crippen LogP contribution is -2.27. The molecule has 0 aliphatic heterocycles. The van der Waals surface area contributed by atoms with Gasteiger partial charge in [-0.25, -0.2) is 22.8 Å². The summed E-state index contributed by atoms with van der Waals surface area (Å²) >= 11 is 0. The van der Waals surface area contributed by atoms with Crippen LogP contribution in [-0.2, 0) is 9.84 Å². The number of sulfone groups is 1. The minimum absolute atomic E-state index is 0.0197. The molecule has 1 aromatic heterocycles. The third-order valence-corrected chi connectivity index (χ3v) is 5.49. The van der Waals surface area contributed by atoms with Crippen LogP contribution in [0.5, 0.6) is 0 Å². The molecule has 0 unspecified atom stereocenters. The fourth-order valence-corrected chi connectivity index (χ4v) is 3.53. The molecule has 0 saturated carbocycles. The zero-order chi connectivity index (χ0) is 19.6. The Hall–Kier alpha value is -2.58. The highest BCUT2D eigenvalue weighted by Gasteiger charge is 2.16. The number of likely N-dealkylation sites (N-methyl/N-ethyl adjacent to an activating group) is 1. The third kappa shape index (κ3) is 4.40. The van der Waals surface area contributed by atoms with E-state index < -0.39 is 9.84 Å². The Morgan fingerprint density at radius 2 is 1.81 bits per heavy atom. The standard InChI is InChI=1S/C19H21FN4O2S/c1-24(2)18(13-4-6-14(20)7-5-13)11-21-19-16-10-15(27(3,25)26)8-9-17(16)22-12-23-19/h4-10,12,18H,11H2,1-3H3,(H,21,22,23)/t18-/m0/s1. The van der Waals surface area contributed by atoms with Gasteiger partial charge in [0.2, 0.25) is 0 Å². The highest BCUT2D eigenvalue weighted by molar-refractivity contribution is 7.90. The van der Waals surface area contributed by atoms with Crippen LogP contribution in [0, 0.1) is 5.82 Å². The average Bonchev–Trinajstić information content (AvgIpc) is 2.62. The van der Waals surface area contributed by atoms with E-state index in [4.69, 9.17) is 0 Å². The number of nitrogens with zero attached hydrogens (tertiary/aromatic N) is 3. The van der Waals surface area contributed by atoms with Crippen molar-refractivity contribution >= 4 is 26.6 Å². The van der Waals surface area contributed by atoms with E-state index in [1.54, 1.807) is 24.3 Å². The predicted octanol–water partition coefficient (Wildman–Crippen LogP) is 2.89. The van der Waals surface area contributed by atoms with Crippen molar-refractivity contribution in [1.29, 1.82) is 0 Å². The third-order valence-electron chi connectivity index (χ3n) is 4.38. The lowest BCUT2D eigenvalue weighted by atomic mass is 10.1. The van der Waals surface area contributed by atoms with E-state index in [1.807, 2.05) is 19.0 Å². The van der Waals surface area contributed by atoms with Crippen LogP contribution in [0.25, 0.3) is 10.9 Å². The second-order valence-electron chi connectivity index (χ2n) is 6.59. The maximum atomic E-state index is 13.2. The molecule has 8 heteroatoms. The zero-order valence-corrected chi connectivity index (χ0v) is 16.2. The highest BCUT2D eigenvalue weighted by atomic mass is 32.2. The second-order valence-corrected chi connectivity index (χ2v) is 8.60. The number of benzene rings is 2. The average molecular weight is 388 g/mol. The maximum absolute atomic E-state index is 13.2. The molecule has 142 valence electrons. The van der Waals surface area contributed by atoms with Crippen molar-refractivity contribution < 1.29 is 12.8 Å². The summed E-state index contributed by atoms with van der Waals surface area (Å²) < 4.78 is 36.9. The molecule has 1 N–H and O–H groups in total. The SMILES string of the molecule is CN(C)[C@@H](CNc1ncnc2ccc(S(C)(=O)=O)cc12)c1ccc(F)cc1. The quantitative estimate of drug-likeness (QED) is 0.700. The van der Waals surface area contributed by atoms with Crippen LogP contribution in [0.4, 0.5) is 10.2 Å². The minimum atomic E-state index is -3.33. The van der Waals surface area contributed by atoms with Crippen LogP contribution in [-0.4, -0.2) is 50.2 Å². The number of anilines is 1. The van der Waals surface area contributed by atoms with Gasteiger partial charge in [0.25, 0.3) is 0 Å². The van der Waals surface area contributed by atoms with E-state index in [2.05, 4.69) is 15.3 Å². The Bertz CT molecular complexity index is 1050. The number of hydrogen-bond donors (Lipinski definition) is 1. The zero-order valence-electron chi connectivity index (χ0n) is 15.3. The van der Waals surface area contributed by atoms with E-state index in [0.29, 0.717) is 23.3 Å². The number of rotatable bonds is 6. The van der Waals surface area contributed by atoms with E-state index in [-0.39, 0.29) is 16.8 Å². The number of aromatic nitrogens is 2. The summed E-state index contributed by atoms with van der Waals surface area (Å²) in [6.07, 6.45) is 2.61. The van der Waals surface area contributed by atoms with Crippen molar-refractivity contribution in [1.82, 2.24) is 14.9 Å². The monoisotopic (exact) mass is 388 g/mol. The van der Waals surface area contributed by atoms with Gasteiger partial charge in [0.15, 0.2) is 9.84 Å². The minimum Gasteiger partial charge on any atom is -0.368 e. The van der Waals surface area contributed by atoms with Crippen molar-refractivity contribution in [2.45, 2.75) is 10.9 Å². The van der Waals surface area contributed by atoms with Gasteiger partial charge in [0, 0.05) is 18.2 Å². The molecule has 3 rings (SSSR count). The molecule has 0 aliphatic rings. The van der Waals surface area contributed by atoms with Gasteiger partial charge in [0.05, 0.1) is 16.5 Å². The summed E-state index contributed by atoms with van der Waals surface area (Å²) in [5.74, 6) is 0.277. The molecular formula is C19H21FN4O2S. The molecule has 1 heterocycles. The van der Waals surface area contributed by atoms with E-state index in [1.165, 1.54) is 30.8 Å². The van der Waals surface area contributed by atoms with Gasteiger partial charge in [-0.15, -0.1) is 0 Å². The van der Waals surface area contributed by atoms with Gasteiger partial charge in [-0.05, 0) is 50.0 Å². The maximum Gasteiger partial charge on any atom is 0.175 e. The van der Waals surface area contributed by atoms with Crippen LogP contribution < -0.4 is 5.32 Å². The Morgan fingerprint density at radius 3 is 2.44 bits per heavy atom. The van der Waals surface area contributed by atoms with Gasteiger partial charge in [-0.1, -0.05) is 12.1 Å². The predicted molar refractivity (Wildman–Crippen MR) is 104 cm³/mol. The Balaban J connectivity index is 1.92. The number of fused-ring (bicyclic) bond motifs is 1. The molecule has 3 aromatic rings. The summed E-state index contributed by atoms with van der Waals surface area (Å²) in [4.78, 5) is 10.7. The van der Waals surface area contributed by atoms with Crippen LogP contribution in [0.1, 0.15) is 11.6 Å². The first kappa shape index (κ1) is 19.2. The van der Waals surface area contributed by atoms with E-state index in [9.17, 15) is 12.8 Å². The van der Waals surface area contributed by atoms with Crippen molar-refractivity contribution in [3.05, 3.63) is 60.2 Å². The largest absolute Gasteiger partial charge is 0.368 e. The first-order chi connectivity index (χ1) is 12.8. The summed E-state index contributed by atoms with van der Waals surface area (Å²) in [5, 5.41) is 3.92. The highest BCUT2D eigenvalue weighted by Crippen LogP contribution is 2.25. The van der Waals surface area contributed by atoms with Crippen LogP contribution in [0.2, 0.25) is 0 Å². The van der Waals surface area contributed by atoms with Gasteiger partial charge >= 0.3 is 0 Å². The first-order valence-corrected chi connectivity index (χ1v) is 10.3. The molecule has 0 saturated heterocycles. The molecule has 2 aromatic carbocycles. The van der Waals surface area contributed by atoms with Crippen LogP contribution in [0.3, 0.4) is 0 Å². The number of hydrogen-bond acceptors (Lipinski definition) is 6. The van der Waals surface area contributed by atoms with Crippen molar-refractivity contribution in [2.24, 2.45) is 0 Å². The molecule has 6 nitrogen and oxygen atoms in total. The number of halogens is 1. The molecule has 0 spiro atoms. The van der Waals surface area contributed by atoms with Crippen LogP contribution in [0.15, 0.2) is 53.7 Å². The smallest absolute Gasteiger partial charge is 0.175 e. The molecule has 1 atom stereocenters. The fraction of sp³-hybridized carbons (Fsp3) is 0.263. The topological polar surface area (TPSA) is 75.2 Å². The Labute approximate surface area is 158 Å². The van der Waals surface area contributed by atoms with Gasteiger partial charge < -0.3 is 10.2 Å². The van der Waals surface area contributed by atoms with Crippen molar-refractivity contribution in [3.63, 3.8) is 0 Å². The fourth-order valence-electron chi connectivity index (χ4n) is 2.88. The van der Waals surface area contributed by atoms with Gasteiger partial charge in [0.1, 0.15) is 18.0 Å². The molecule has 27 heavy (non-hydrogen) atoms. The summed E-state index contributed by atoms with van der Waals surface area (Å²) in [6.45, 7) is 0.508. The van der Waals surface area contributed by atoms with E-state index in [0.717, 1.165) is 5.56 Å². The lowest BCUT2D eigenvalue weighted by Gasteiger charge is -2.25. The molecule has 0 amide bonds. The lowest BCUT2D eigenvalue weighted by molar-refractivity contribution is 0.311. The first-order valence-electron chi connectivity index (χ1n) is 8.36. The molecule has 0 aliphatic carbocycles. The van der Waals surface area contributed by atoms with Crippen molar-refractivity contribution in [3.8, 4) is 0 Å². The van der Waals surface area contributed by atoms with Gasteiger partial charge in [-0.3, -0.25) is 0 Å². The Kier molecular flexibility index (Phi) is 5.38. The van der Waals surface area contributed by atoms with Gasteiger partial charge in [-0.2, -0.15) is 0 Å². The summed E-state index contributed by atoms with van der Waals surface area (Å²) in [6, 6.07) is 11.1. The second kappa shape index (κ2) is 7.58. The molecular weight excluding hydrogens is 367 g/mol. The molecule has 0 bridgehead atoms. The summed E-state index contributed by atoms with van der Waals surface area (Å²) in [5.41, 5.74) is 1.62. The normalized spacial score (nSPS) is 13.1. The molecule has 0 fully saturated rings.